The molecule has 102 valence electrons. The molecule has 0 heterocycles. The second kappa shape index (κ2) is 6.16. The number of halogens is 2. The molecule has 0 aliphatic carbocycles. The highest BCUT2D eigenvalue weighted by Crippen LogP contribution is 2.19. The molecule has 0 radical (unpaired) electrons. The van der Waals surface area contributed by atoms with Crippen molar-refractivity contribution in [1.82, 2.24) is 0 Å². The summed E-state index contributed by atoms with van der Waals surface area (Å²) >= 11 is 0. The summed E-state index contributed by atoms with van der Waals surface area (Å²) < 4.78 is 26.6. The van der Waals surface area contributed by atoms with Crippen molar-refractivity contribution in [3.8, 4) is 6.07 Å². The molecule has 0 saturated carbocycles. The van der Waals surface area contributed by atoms with Crippen LogP contribution in [0.25, 0.3) is 0 Å². The summed E-state index contributed by atoms with van der Waals surface area (Å²) in [7, 11) is 0. The Labute approximate surface area is 116 Å². The molecule has 0 saturated heterocycles. The number of aryl methyl sites for hydroxylation is 1. The van der Waals surface area contributed by atoms with Gasteiger partial charge in [0.25, 0.3) is 0 Å². The third-order valence-corrected chi connectivity index (χ3v) is 3.04. The zero-order chi connectivity index (χ0) is 14.5. The van der Waals surface area contributed by atoms with E-state index < -0.39 is 11.6 Å². The van der Waals surface area contributed by atoms with Gasteiger partial charge in [-0.2, -0.15) is 5.26 Å². The quantitative estimate of drug-likeness (QED) is 0.791. The van der Waals surface area contributed by atoms with Crippen LogP contribution in [0.1, 0.15) is 11.1 Å². The molecule has 2 aromatic rings. The van der Waals surface area contributed by atoms with E-state index >= 15 is 0 Å². The second-order valence-corrected chi connectivity index (χ2v) is 4.59. The molecule has 0 unspecified atom stereocenters. The molecule has 2 rings (SSSR count). The Hall–Kier alpha value is -2.41. The third kappa shape index (κ3) is 3.33. The molecular formula is C16H14F2N2. The minimum absolute atomic E-state index is 0.139. The lowest BCUT2D eigenvalue weighted by molar-refractivity contribution is 0.570. The van der Waals surface area contributed by atoms with E-state index in [4.69, 9.17) is 5.26 Å². The van der Waals surface area contributed by atoms with Gasteiger partial charge < -0.3 is 4.90 Å². The lowest BCUT2D eigenvalue weighted by Crippen LogP contribution is -2.23. The van der Waals surface area contributed by atoms with Gasteiger partial charge in [-0.05, 0) is 25.1 Å². The van der Waals surface area contributed by atoms with E-state index in [9.17, 15) is 8.78 Å². The van der Waals surface area contributed by atoms with Gasteiger partial charge in [-0.15, -0.1) is 0 Å². The molecule has 20 heavy (non-hydrogen) atoms. The zero-order valence-corrected chi connectivity index (χ0v) is 11.1. The Balaban J connectivity index is 2.25. The van der Waals surface area contributed by atoms with Crippen molar-refractivity contribution in [2.75, 3.05) is 11.4 Å². The molecule has 0 bridgehead atoms. The Kier molecular flexibility index (Phi) is 4.31. The Morgan fingerprint density at radius 1 is 1.10 bits per heavy atom. The molecule has 2 aromatic carbocycles. The van der Waals surface area contributed by atoms with Crippen molar-refractivity contribution in [2.45, 2.75) is 13.5 Å². The van der Waals surface area contributed by atoms with Crippen LogP contribution in [0.2, 0.25) is 0 Å². The smallest absolute Gasteiger partial charge is 0.131 e. The SMILES string of the molecule is Cc1ccc(N(CC#N)Cc2ccc(F)cc2F)cc1. The molecule has 0 aliphatic rings. The van der Waals surface area contributed by atoms with Gasteiger partial charge in [0, 0.05) is 23.9 Å². The summed E-state index contributed by atoms with van der Waals surface area (Å²) in [5.74, 6) is -1.20. The van der Waals surface area contributed by atoms with E-state index in [1.54, 1.807) is 4.90 Å². The Morgan fingerprint density at radius 3 is 2.40 bits per heavy atom. The minimum Gasteiger partial charge on any atom is -0.354 e. The lowest BCUT2D eigenvalue weighted by atomic mass is 10.1. The maximum absolute atomic E-state index is 13.7. The van der Waals surface area contributed by atoms with Gasteiger partial charge in [0.15, 0.2) is 0 Å². The first-order valence-electron chi connectivity index (χ1n) is 6.22. The maximum Gasteiger partial charge on any atom is 0.131 e. The molecule has 0 atom stereocenters. The van der Waals surface area contributed by atoms with Crippen molar-refractivity contribution in [2.24, 2.45) is 0 Å². The van der Waals surface area contributed by atoms with E-state index in [0.717, 1.165) is 17.3 Å². The molecule has 0 N–H and O–H groups in total. The highest BCUT2D eigenvalue weighted by Gasteiger charge is 2.11. The number of anilines is 1. The van der Waals surface area contributed by atoms with Crippen LogP contribution in [0.5, 0.6) is 0 Å². The summed E-state index contributed by atoms with van der Waals surface area (Å²) in [5, 5.41) is 8.90. The maximum atomic E-state index is 13.7. The molecular weight excluding hydrogens is 258 g/mol. The van der Waals surface area contributed by atoms with Crippen LogP contribution in [0.3, 0.4) is 0 Å². The van der Waals surface area contributed by atoms with Crippen molar-refractivity contribution < 1.29 is 8.78 Å². The average Bonchev–Trinajstić information content (AvgIpc) is 2.42. The number of nitrogens with zero attached hydrogens (tertiary/aromatic N) is 2. The minimum atomic E-state index is -0.603. The molecule has 2 nitrogen and oxygen atoms in total. The Bertz CT molecular complexity index is 630. The molecule has 0 aromatic heterocycles. The lowest BCUT2D eigenvalue weighted by Gasteiger charge is -2.22. The first-order chi connectivity index (χ1) is 9.60. The van der Waals surface area contributed by atoms with Gasteiger partial charge in [0.1, 0.15) is 18.2 Å². The second-order valence-electron chi connectivity index (χ2n) is 4.59. The van der Waals surface area contributed by atoms with Crippen LogP contribution >= 0.6 is 0 Å². The van der Waals surface area contributed by atoms with Crippen LogP contribution in [0.15, 0.2) is 42.5 Å². The van der Waals surface area contributed by atoms with E-state index in [-0.39, 0.29) is 13.1 Å². The van der Waals surface area contributed by atoms with E-state index in [1.807, 2.05) is 31.2 Å². The van der Waals surface area contributed by atoms with Crippen LogP contribution in [-0.4, -0.2) is 6.54 Å². The topological polar surface area (TPSA) is 27.0 Å². The number of benzene rings is 2. The highest BCUT2D eigenvalue weighted by molar-refractivity contribution is 5.49. The Morgan fingerprint density at radius 2 is 1.80 bits per heavy atom. The van der Waals surface area contributed by atoms with Gasteiger partial charge in [-0.25, -0.2) is 8.78 Å². The summed E-state index contributed by atoms with van der Waals surface area (Å²) in [6.07, 6.45) is 0. The van der Waals surface area contributed by atoms with E-state index in [1.165, 1.54) is 12.1 Å². The van der Waals surface area contributed by atoms with Gasteiger partial charge in [0.2, 0.25) is 0 Å². The number of hydrogen-bond donors (Lipinski definition) is 0. The number of rotatable bonds is 4. The van der Waals surface area contributed by atoms with Crippen LogP contribution in [0, 0.1) is 29.9 Å². The fraction of sp³-hybridized carbons (Fsp3) is 0.188. The van der Waals surface area contributed by atoms with Crippen LogP contribution in [0.4, 0.5) is 14.5 Å². The van der Waals surface area contributed by atoms with Gasteiger partial charge in [-0.1, -0.05) is 23.8 Å². The van der Waals surface area contributed by atoms with Crippen molar-refractivity contribution >= 4 is 5.69 Å². The molecule has 0 aliphatic heterocycles. The normalized spacial score (nSPS) is 10.1. The number of nitriles is 1. The van der Waals surface area contributed by atoms with E-state index in [2.05, 4.69) is 6.07 Å². The molecule has 4 heteroatoms. The number of hydrogen-bond acceptors (Lipinski definition) is 2. The monoisotopic (exact) mass is 272 g/mol. The molecule has 0 spiro atoms. The summed E-state index contributed by atoms with van der Waals surface area (Å²) in [6, 6.07) is 13.2. The van der Waals surface area contributed by atoms with Crippen molar-refractivity contribution in [3.05, 3.63) is 65.2 Å². The first kappa shape index (κ1) is 14.0. The van der Waals surface area contributed by atoms with Gasteiger partial charge >= 0.3 is 0 Å². The van der Waals surface area contributed by atoms with E-state index in [0.29, 0.717) is 5.56 Å². The van der Waals surface area contributed by atoms with Crippen molar-refractivity contribution in [1.29, 1.82) is 5.26 Å². The van der Waals surface area contributed by atoms with Gasteiger partial charge in [0.05, 0.1) is 6.07 Å². The first-order valence-corrected chi connectivity index (χ1v) is 6.22. The molecule has 0 amide bonds. The summed E-state index contributed by atoms with van der Waals surface area (Å²) in [4.78, 5) is 1.75. The largest absolute Gasteiger partial charge is 0.354 e. The fourth-order valence-corrected chi connectivity index (χ4v) is 1.93. The van der Waals surface area contributed by atoms with Crippen LogP contribution in [-0.2, 0) is 6.54 Å². The third-order valence-electron chi connectivity index (χ3n) is 3.04. The summed E-state index contributed by atoms with van der Waals surface area (Å²) in [6.45, 7) is 2.33. The van der Waals surface area contributed by atoms with Crippen LogP contribution < -0.4 is 4.90 Å². The fourth-order valence-electron chi connectivity index (χ4n) is 1.93. The van der Waals surface area contributed by atoms with Gasteiger partial charge in [-0.3, -0.25) is 0 Å². The molecule has 0 fully saturated rings. The standard InChI is InChI=1S/C16H14F2N2/c1-12-2-6-15(7-3-12)20(9-8-19)11-13-4-5-14(17)10-16(13)18/h2-7,10H,9,11H2,1H3. The predicted octanol–water partition coefficient (Wildman–Crippen LogP) is 3.80. The average molecular weight is 272 g/mol. The highest BCUT2D eigenvalue weighted by atomic mass is 19.1. The summed E-state index contributed by atoms with van der Waals surface area (Å²) in [5.41, 5.74) is 2.31. The van der Waals surface area contributed by atoms with Crippen molar-refractivity contribution in [3.63, 3.8) is 0 Å². The zero-order valence-electron chi connectivity index (χ0n) is 11.1. The predicted molar refractivity (Wildman–Crippen MR) is 74.2 cm³/mol.